The van der Waals surface area contributed by atoms with Gasteiger partial charge in [-0.2, -0.15) is 0 Å². The molecule has 0 unspecified atom stereocenters. The van der Waals surface area contributed by atoms with Crippen LogP contribution in [0.1, 0.15) is 10.4 Å². The number of halogens is 1. The van der Waals surface area contributed by atoms with E-state index in [2.05, 4.69) is 10.3 Å². The molecule has 0 aliphatic rings. The van der Waals surface area contributed by atoms with Gasteiger partial charge in [0.05, 0.1) is 17.7 Å². The van der Waals surface area contributed by atoms with Crippen LogP contribution in [0.2, 0.25) is 0 Å². The molecule has 0 atom stereocenters. The molecule has 1 heterocycles. The smallest absolute Gasteiger partial charge is 0.146 e. The molecule has 3 nitrogen and oxygen atoms in total. The minimum atomic E-state index is -0.361. The minimum Gasteiger partial charge on any atom is -0.389 e. The lowest BCUT2D eigenvalue weighted by atomic mass is 10.2. The molecule has 17 heavy (non-hydrogen) atoms. The molecule has 0 aliphatic heterocycles. The maximum atomic E-state index is 13.6. The van der Waals surface area contributed by atoms with Crippen LogP contribution in [0.15, 0.2) is 29.9 Å². The average molecular weight is 267 g/mol. The van der Waals surface area contributed by atoms with Crippen molar-refractivity contribution in [3.8, 4) is 0 Å². The number of nitrogens with one attached hydrogen (secondary N) is 1. The lowest BCUT2D eigenvalue weighted by molar-refractivity contribution is 0.630. The van der Waals surface area contributed by atoms with Crippen LogP contribution in [0.3, 0.4) is 0 Å². The molecule has 0 saturated carbocycles. The second-order valence-electron chi connectivity index (χ2n) is 3.38. The maximum absolute atomic E-state index is 13.6. The molecule has 3 N–H and O–H groups in total. The topological polar surface area (TPSA) is 50.9 Å². The molecule has 0 bridgehead atoms. The standard InChI is InChI=1S/C11H10FN3S2/c12-9-3-7(11(13)16)1-2-10(9)15-5-8-4-14-6-17-8/h1-4,6,15H,5H2,(H2,13,16). The SMILES string of the molecule is NC(=S)c1ccc(NCc2cncs2)c(F)c1. The van der Waals surface area contributed by atoms with Crippen LogP contribution in [0, 0.1) is 5.82 Å². The van der Waals surface area contributed by atoms with E-state index in [4.69, 9.17) is 18.0 Å². The average Bonchev–Trinajstić information content (AvgIpc) is 2.80. The Morgan fingerprint density at radius 1 is 1.53 bits per heavy atom. The van der Waals surface area contributed by atoms with Gasteiger partial charge < -0.3 is 11.1 Å². The van der Waals surface area contributed by atoms with Crippen molar-refractivity contribution < 1.29 is 4.39 Å². The molecular formula is C11H10FN3S2. The first-order valence-corrected chi connectivity index (χ1v) is 6.16. The van der Waals surface area contributed by atoms with Gasteiger partial charge in [-0.1, -0.05) is 12.2 Å². The van der Waals surface area contributed by atoms with Crippen LogP contribution in [0.5, 0.6) is 0 Å². The Labute approximate surface area is 107 Å². The Morgan fingerprint density at radius 3 is 2.94 bits per heavy atom. The van der Waals surface area contributed by atoms with E-state index >= 15 is 0 Å². The molecule has 2 rings (SSSR count). The molecule has 6 heteroatoms. The van der Waals surface area contributed by atoms with Gasteiger partial charge in [0.25, 0.3) is 0 Å². The minimum absolute atomic E-state index is 0.193. The second-order valence-corrected chi connectivity index (χ2v) is 4.79. The van der Waals surface area contributed by atoms with Gasteiger partial charge in [0.1, 0.15) is 10.8 Å². The summed E-state index contributed by atoms with van der Waals surface area (Å²) in [6.07, 6.45) is 1.75. The van der Waals surface area contributed by atoms with E-state index in [1.807, 2.05) is 0 Å². The molecule has 0 fully saturated rings. The first kappa shape index (κ1) is 11.9. The predicted molar refractivity (Wildman–Crippen MR) is 71.7 cm³/mol. The molecule has 1 aromatic carbocycles. The van der Waals surface area contributed by atoms with Gasteiger partial charge in [-0.15, -0.1) is 11.3 Å². The number of hydrogen-bond acceptors (Lipinski definition) is 4. The van der Waals surface area contributed by atoms with E-state index < -0.39 is 0 Å². The molecule has 0 amide bonds. The zero-order chi connectivity index (χ0) is 12.3. The van der Waals surface area contributed by atoms with Crippen molar-refractivity contribution in [1.29, 1.82) is 0 Å². The molecule has 88 valence electrons. The third kappa shape index (κ3) is 2.98. The van der Waals surface area contributed by atoms with Crippen LogP contribution in [-0.2, 0) is 6.54 Å². The van der Waals surface area contributed by atoms with Gasteiger partial charge in [-0.3, -0.25) is 4.98 Å². The molecule has 0 spiro atoms. The first-order chi connectivity index (χ1) is 8.16. The Bertz CT molecular complexity index is 526. The highest BCUT2D eigenvalue weighted by molar-refractivity contribution is 7.80. The van der Waals surface area contributed by atoms with Crippen molar-refractivity contribution >= 4 is 34.2 Å². The van der Waals surface area contributed by atoms with Crippen molar-refractivity contribution in [3.63, 3.8) is 0 Å². The zero-order valence-electron chi connectivity index (χ0n) is 8.81. The summed E-state index contributed by atoms with van der Waals surface area (Å²) in [4.78, 5) is 5.18. The summed E-state index contributed by atoms with van der Waals surface area (Å²) in [5.41, 5.74) is 8.12. The number of rotatable bonds is 4. The Kier molecular flexibility index (Phi) is 3.65. The molecule has 0 radical (unpaired) electrons. The summed E-state index contributed by atoms with van der Waals surface area (Å²) < 4.78 is 13.6. The van der Waals surface area contributed by atoms with Gasteiger partial charge in [0, 0.05) is 16.6 Å². The Hall–Kier alpha value is -1.53. The van der Waals surface area contributed by atoms with Crippen molar-refractivity contribution in [2.24, 2.45) is 5.73 Å². The van der Waals surface area contributed by atoms with Gasteiger partial charge in [-0.05, 0) is 18.2 Å². The van der Waals surface area contributed by atoms with Crippen molar-refractivity contribution in [2.75, 3.05) is 5.32 Å². The van der Waals surface area contributed by atoms with Crippen LogP contribution in [0.25, 0.3) is 0 Å². The van der Waals surface area contributed by atoms with E-state index in [9.17, 15) is 4.39 Å². The van der Waals surface area contributed by atoms with Crippen LogP contribution in [-0.4, -0.2) is 9.97 Å². The molecule has 0 saturated heterocycles. The summed E-state index contributed by atoms with van der Waals surface area (Å²) in [5, 5.41) is 2.99. The number of benzene rings is 1. The van der Waals surface area contributed by atoms with E-state index in [1.165, 1.54) is 17.4 Å². The molecule has 0 aliphatic carbocycles. The number of hydrogen-bond donors (Lipinski definition) is 2. The monoisotopic (exact) mass is 267 g/mol. The fourth-order valence-corrected chi connectivity index (χ4v) is 1.98. The van der Waals surface area contributed by atoms with Crippen molar-refractivity contribution in [1.82, 2.24) is 4.98 Å². The number of thiocarbonyl (C=S) groups is 1. The number of nitrogens with zero attached hydrogens (tertiary/aromatic N) is 1. The van der Waals surface area contributed by atoms with E-state index in [1.54, 1.807) is 23.8 Å². The number of thiazole rings is 1. The first-order valence-electron chi connectivity index (χ1n) is 4.87. The second kappa shape index (κ2) is 5.20. The number of aromatic nitrogens is 1. The summed E-state index contributed by atoms with van der Waals surface area (Å²) in [6, 6.07) is 4.66. The third-order valence-corrected chi connectivity index (χ3v) is 3.21. The summed E-state index contributed by atoms with van der Waals surface area (Å²) in [7, 11) is 0. The highest BCUT2D eigenvalue weighted by Crippen LogP contribution is 2.17. The van der Waals surface area contributed by atoms with Gasteiger partial charge in [0.15, 0.2) is 0 Å². The number of anilines is 1. The zero-order valence-corrected chi connectivity index (χ0v) is 10.4. The van der Waals surface area contributed by atoms with Gasteiger partial charge in [0.2, 0.25) is 0 Å². The highest BCUT2D eigenvalue weighted by atomic mass is 32.1. The van der Waals surface area contributed by atoms with E-state index in [0.29, 0.717) is 17.8 Å². The number of nitrogens with two attached hydrogens (primary N) is 1. The lowest BCUT2D eigenvalue weighted by Crippen LogP contribution is -2.10. The lowest BCUT2D eigenvalue weighted by Gasteiger charge is -2.07. The predicted octanol–water partition coefficient (Wildman–Crippen LogP) is 2.53. The van der Waals surface area contributed by atoms with Crippen molar-refractivity contribution in [3.05, 3.63) is 46.2 Å². The van der Waals surface area contributed by atoms with Gasteiger partial charge in [-0.25, -0.2) is 4.39 Å². The van der Waals surface area contributed by atoms with Crippen molar-refractivity contribution in [2.45, 2.75) is 6.54 Å². The fraction of sp³-hybridized carbons (Fsp3) is 0.0909. The maximum Gasteiger partial charge on any atom is 0.146 e. The van der Waals surface area contributed by atoms with Crippen LogP contribution in [0.4, 0.5) is 10.1 Å². The summed E-state index contributed by atoms with van der Waals surface area (Å²) >= 11 is 6.30. The van der Waals surface area contributed by atoms with E-state index in [0.717, 1.165) is 4.88 Å². The molecule has 2 aromatic rings. The Morgan fingerprint density at radius 2 is 2.35 bits per heavy atom. The molecule has 1 aromatic heterocycles. The highest BCUT2D eigenvalue weighted by Gasteiger charge is 2.05. The van der Waals surface area contributed by atoms with Gasteiger partial charge >= 0.3 is 0 Å². The normalized spacial score (nSPS) is 10.2. The Balaban J connectivity index is 2.09. The van der Waals surface area contributed by atoms with Crippen LogP contribution < -0.4 is 11.1 Å². The fourth-order valence-electron chi connectivity index (χ4n) is 1.32. The summed E-state index contributed by atoms with van der Waals surface area (Å²) in [5.74, 6) is -0.361. The summed E-state index contributed by atoms with van der Waals surface area (Å²) in [6.45, 7) is 0.550. The van der Waals surface area contributed by atoms with E-state index in [-0.39, 0.29) is 10.8 Å². The molecular weight excluding hydrogens is 257 g/mol. The third-order valence-electron chi connectivity index (χ3n) is 2.19. The quantitative estimate of drug-likeness (QED) is 0.836. The van der Waals surface area contributed by atoms with Crippen LogP contribution >= 0.6 is 23.6 Å². The largest absolute Gasteiger partial charge is 0.389 e.